The van der Waals surface area contributed by atoms with E-state index in [1.807, 2.05) is 12.1 Å². The molecule has 1 aliphatic rings. The van der Waals surface area contributed by atoms with E-state index in [-0.39, 0.29) is 10.9 Å². The molecule has 146 valence electrons. The van der Waals surface area contributed by atoms with Crippen LogP contribution in [0.5, 0.6) is 5.75 Å². The third-order valence-corrected chi connectivity index (χ3v) is 9.92. The van der Waals surface area contributed by atoms with E-state index in [0.717, 1.165) is 11.1 Å². The SMILES string of the molecule is CC(C)(C)[Si](C)(C)OCC1=Cc2c(F)cc(OCCn3ccnn3)cc2C1. The smallest absolute Gasteiger partial charge is 0.192 e. The average Bonchev–Trinajstić information content (AvgIpc) is 3.21. The molecule has 0 atom stereocenters. The summed E-state index contributed by atoms with van der Waals surface area (Å²) in [5.41, 5.74) is 2.74. The van der Waals surface area contributed by atoms with Crippen LogP contribution in [0.3, 0.4) is 0 Å². The van der Waals surface area contributed by atoms with Crippen molar-refractivity contribution in [3.05, 3.63) is 47.0 Å². The van der Waals surface area contributed by atoms with Crippen LogP contribution < -0.4 is 4.74 Å². The zero-order chi connectivity index (χ0) is 19.7. The summed E-state index contributed by atoms with van der Waals surface area (Å²) in [6, 6.07) is 3.38. The van der Waals surface area contributed by atoms with Gasteiger partial charge >= 0.3 is 0 Å². The molecule has 0 bridgehead atoms. The van der Waals surface area contributed by atoms with Crippen molar-refractivity contribution in [2.24, 2.45) is 0 Å². The first-order chi connectivity index (χ1) is 12.7. The monoisotopic (exact) mass is 389 g/mol. The molecule has 0 unspecified atom stereocenters. The first kappa shape index (κ1) is 19.8. The number of rotatable bonds is 7. The van der Waals surface area contributed by atoms with E-state index >= 15 is 0 Å². The lowest BCUT2D eigenvalue weighted by molar-refractivity contribution is 0.288. The second kappa shape index (κ2) is 7.56. The zero-order valence-electron chi connectivity index (χ0n) is 16.8. The molecule has 7 heteroatoms. The van der Waals surface area contributed by atoms with Crippen molar-refractivity contribution in [1.82, 2.24) is 15.0 Å². The van der Waals surface area contributed by atoms with Crippen molar-refractivity contribution >= 4 is 14.4 Å². The van der Waals surface area contributed by atoms with E-state index in [2.05, 4.69) is 44.2 Å². The molecular formula is C20H28FN3O2Si. The molecule has 0 N–H and O–H groups in total. The van der Waals surface area contributed by atoms with Crippen molar-refractivity contribution in [2.75, 3.05) is 13.2 Å². The predicted molar refractivity (Wildman–Crippen MR) is 107 cm³/mol. The van der Waals surface area contributed by atoms with E-state index in [0.29, 0.717) is 37.5 Å². The van der Waals surface area contributed by atoms with Gasteiger partial charge in [-0.25, -0.2) is 9.07 Å². The molecule has 2 aromatic rings. The first-order valence-corrected chi connectivity index (χ1v) is 12.2. The fourth-order valence-electron chi connectivity index (χ4n) is 2.73. The van der Waals surface area contributed by atoms with Gasteiger partial charge in [0.2, 0.25) is 0 Å². The summed E-state index contributed by atoms with van der Waals surface area (Å²) in [4.78, 5) is 0. The Kier molecular flexibility index (Phi) is 5.53. The number of halogens is 1. The third kappa shape index (κ3) is 4.65. The lowest BCUT2D eigenvalue weighted by Gasteiger charge is -2.36. The first-order valence-electron chi connectivity index (χ1n) is 9.28. The highest BCUT2D eigenvalue weighted by atomic mass is 28.4. The summed E-state index contributed by atoms with van der Waals surface area (Å²) in [5.74, 6) is 0.303. The number of benzene rings is 1. The zero-order valence-corrected chi connectivity index (χ0v) is 17.8. The molecular weight excluding hydrogens is 361 g/mol. The Hall–Kier alpha value is -1.99. The summed E-state index contributed by atoms with van der Waals surface area (Å²) in [6.07, 6.45) is 6.03. The lowest BCUT2D eigenvalue weighted by atomic mass is 10.1. The molecule has 1 aromatic heterocycles. The predicted octanol–water partition coefficient (Wildman–Crippen LogP) is 4.46. The van der Waals surface area contributed by atoms with Gasteiger partial charge in [-0.1, -0.05) is 26.0 Å². The quantitative estimate of drug-likeness (QED) is 0.656. The highest BCUT2D eigenvalue weighted by Crippen LogP contribution is 2.38. The van der Waals surface area contributed by atoms with Gasteiger partial charge in [-0.2, -0.15) is 0 Å². The summed E-state index contributed by atoms with van der Waals surface area (Å²) >= 11 is 0. The molecule has 3 rings (SSSR count). The molecule has 0 fully saturated rings. The van der Waals surface area contributed by atoms with E-state index in [1.165, 1.54) is 6.07 Å². The normalized spacial score (nSPS) is 14.2. The summed E-state index contributed by atoms with van der Waals surface area (Å²) in [6.45, 7) is 12.7. The van der Waals surface area contributed by atoms with Gasteiger partial charge in [-0.3, -0.25) is 0 Å². The fourth-order valence-corrected chi connectivity index (χ4v) is 3.71. The number of hydrogen-bond donors (Lipinski definition) is 0. The Labute approximate surface area is 161 Å². The summed E-state index contributed by atoms with van der Waals surface area (Å²) in [5, 5.41) is 7.79. The van der Waals surface area contributed by atoms with Crippen molar-refractivity contribution in [3.63, 3.8) is 0 Å². The van der Waals surface area contributed by atoms with Crippen LogP contribution in [-0.2, 0) is 17.4 Å². The van der Waals surface area contributed by atoms with Gasteiger partial charge in [-0.05, 0) is 47.8 Å². The number of fused-ring (bicyclic) bond motifs is 1. The van der Waals surface area contributed by atoms with E-state index in [9.17, 15) is 4.39 Å². The standard InChI is InChI=1S/C20H28FN3O2Si/c1-20(2,3)27(4,5)26-14-15-10-16-12-17(13-19(21)18(16)11-15)25-9-8-24-7-6-22-23-24/h6-7,11-13H,8-10,14H2,1-5H3. The van der Waals surface area contributed by atoms with Crippen molar-refractivity contribution < 1.29 is 13.6 Å². The molecule has 27 heavy (non-hydrogen) atoms. The van der Waals surface area contributed by atoms with E-state index in [1.54, 1.807) is 17.1 Å². The van der Waals surface area contributed by atoms with Crippen LogP contribution in [0.1, 0.15) is 31.9 Å². The molecule has 0 aliphatic heterocycles. The summed E-state index contributed by atoms with van der Waals surface area (Å²) < 4.78 is 28.2. The van der Waals surface area contributed by atoms with Gasteiger partial charge in [0.1, 0.15) is 18.2 Å². The molecule has 1 aliphatic carbocycles. The maximum Gasteiger partial charge on any atom is 0.192 e. The third-order valence-electron chi connectivity index (χ3n) is 5.44. The highest BCUT2D eigenvalue weighted by Gasteiger charge is 2.37. The second-order valence-electron chi connectivity index (χ2n) is 8.52. The lowest BCUT2D eigenvalue weighted by Crippen LogP contribution is -2.41. The molecule has 1 heterocycles. The van der Waals surface area contributed by atoms with Gasteiger partial charge in [0.05, 0.1) is 19.3 Å². The minimum absolute atomic E-state index is 0.162. The Bertz CT molecular complexity index is 826. The molecule has 0 amide bonds. The van der Waals surface area contributed by atoms with E-state index in [4.69, 9.17) is 9.16 Å². The van der Waals surface area contributed by atoms with Crippen LogP contribution in [0.15, 0.2) is 30.1 Å². The van der Waals surface area contributed by atoms with Crippen molar-refractivity contribution in [2.45, 2.75) is 51.9 Å². The average molecular weight is 390 g/mol. The van der Waals surface area contributed by atoms with Crippen LogP contribution in [0.4, 0.5) is 4.39 Å². The second-order valence-corrected chi connectivity index (χ2v) is 13.3. The molecule has 0 saturated carbocycles. The Morgan fingerprint density at radius 2 is 2.04 bits per heavy atom. The molecule has 0 spiro atoms. The van der Waals surface area contributed by atoms with E-state index < -0.39 is 8.32 Å². The minimum Gasteiger partial charge on any atom is -0.492 e. The van der Waals surface area contributed by atoms with Crippen LogP contribution in [0.25, 0.3) is 6.08 Å². The maximum atomic E-state index is 14.5. The topological polar surface area (TPSA) is 49.2 Å². The highest BCUT2D eigenvalue weighted by molar-refractivity contribution is 6.74. The Morgan fingerprint density at radius 1 is 1.26 bits per heavy atom. The maximum absolute atomic E-state index is 14.5. The van der Waals surface area contributed by atoms with Crippen LogP contribution in [-0.4, -0.2) is 36.5 Å². The molecule has 5 nitrogen and oxygen atoms in total. The Morgan fingerprint density at radius 3 is 2.70 bits per heavy atom. The Balaban J connectivity index is 1.60. The van der Waals surface area contributed by atoms with Gasteiger partial charge in [0.25, 0.3) is 0 Å². The fraction of sp³-hybridized carbons (Fsp3) is 0.500. The van der Waals surface area contributed by atoms with Crippen LogP contribution in [0.2, 0.25) is 18.1 Å². The van der Waals surface area contributed by atoms with Gasteiger partial charge in [0.15, 0.2) is 8.32 Å². The van der Waals surface area contributed by atoms with Gasteiger partial charge in [0, 0.05) is 17.8 Å². The van der Waals surface area contributed by atoms with Crippen molar-refractivity contribution in [1.29, 1.82) is 0 Å². The number of hydrogen-bond acceptors (Lipinski definition) is 4. The minimum atomic E-state index is -1.82. The largest absolute Gasteiger partial charge is 0.492 e. The number of aromatic nitrogens is 3. The van der Waals surface area contributed by atoms with Gasteiger partial charge < -0.3 is 9.16 Å². The number of nitrogens with zero attached hydrogens (tertiary/aromatic N) is 3. The van der Waals surface area contributed by atoms with Crippen LogP contribution >= 0.6 is 0 Å². The summed E-state index contributed by atoms with van der Waals surface area (Å²) in [7, 11) is -1.82. The molecule has 0 radical (unpaired) electrons. The van der Waals surface area contributed by atoms with Gasteiger partial charge in [-0.15, -0.1) is 5.10 Å². The molecule has 1 aromatic carbocycles. The van der Waals surface area contributed by atoms with Crippen LogP contribution in [0, 0.1) is 5.82 Å². The molecule has 0 saturated heterocycles. The number of ether oxygens (including phenoxy) is 1. The van der Waals surface area contributed by atoms with Crippen molar-refractivity contribution in [3.8, 4) is 5.75 Å².